The fourth-order valence-electron chi connectivity index (χ4n) is 3.02. The summed E-state index contributed by atoms with van der Waals surface area (Å²) in [4.78, 5) is 8.50. The van der Waals surface area contributed by atoms with Crippen molar-refractivity contribution in [3.05, 3.63) is 77.0 Å². The van der Waals surface area contributed by atoms with Gasteiger partial charge in [-0.2, -0.15) is 13.2 Å². The lowest BCUT2D eigenvalue weighted by Gasteiger charge is -2.15. The highest BCUT2D eigenvalue weighted by molar-refractivity contribution is 7.14. The molecule has 0 aliphatic heterocycles. The molecule has 1 aromatic carbocycles. The Morgan fingerprint density at radius 2 is 1.97 bits per heavy atom. The Labute approximate surface area is 195 Å². The van der Waals surface area contributed by atoms with Gasteiger partial charge in [-0.3, -0.25) is 4.98 Å². The normalized spacial score (nSPS) is 11.9. The summed E-state index contributed by atoms with van der Waals surface area (Å²) in [5, 5.41) is 5.27. The summed E-state index contributed by atoms with van der Waals surface area (Å²) < 4.78 is 46.5. The van der Waals surface area contributed by atoms with Crippen LogP contribution in [-0.4, -0.2) is 16.6 Å². The maximum atomic E-state index is 13.7. The monoisotopic (exact) mass is 473 g/mol. The zero-order valence-corrected chi connectivity index (χ0v) is 19.6. The van der Waals surface area contributed by atoms with Crippen molar-refractivity contribution in [2.75, 3.05) is 11.9 Å². The van der Waals surface area contributed by atoms with E-state index in [1.54, 1.807) is 24.5 Å². The predicted octanol–water partition coefficient (Wildman–Crippen LogP) is 8.04. The van der Waals surface area contributed by atoms with Crippen molar-refractivity contribution in [2.45, 2.75) is 39.8 Å². The van der Waals surface area contributed by atoms with Crippen molar-refractivity contribution < 1.29 is 17.9 Å². The number of benzene rings is 1. The molecule has 3 rings (SSSR count). The number of nitrogens with zero attached hydrogens (tertiary/aromatic N) is 2. The molecule has 3 aromatic rings. The predicted molar refractivity (Wildman–Crippen MR) is 128 cm³/mol. The molecule has 0 aliphatic rings. The fourth-order valence-corrected chi connectivity index (χ4v) is 3.76. The minimum Gasteiger partial charge on any atom is -0.489 e. The molecule has 0 amide bonds. The molecule has 0 bridgehead atoms. The number of nitrogens with one attached hydrogen (secondary N) is 1. The van der Waals surface area contributed by atoms with Crippen LogP contribution in [0.1, 0.15) is 39.2 Å². The van der Waals surface area contributed by atoms with Gasteiger partial charge in [0.15, 0.2) is 5.13 Å². The van der Waals surface area contributed by atoms with Crippen molar-refractivity contribution in [1.82, 2.24) is 9.97 Å². The highest BCUT2D eigenvalue weighted by Gasteiger charge is 2.34. The van der Waals surface area contributed by atoms with E-state index in [0.29, 0.717) is 10.8 Å². The van der Waals surface area contributed by atoms with E-state index in [0.717, 1.165) is 30.0 Å². The van der Waals surface area contributed by atoms with Crippen LogP contribution in [0, 0.1) is 0 Å². The second-order valence-electron chi connectivity index (χ2n) is 7.79. The average Bonchev–Trinajstić information content (AvgIpc) is 3.23. The summed E-state index contributed by atoms with van der Waals surface area (Å²) in [5.41, 5.74) is 3.33. The first-order valence-corrected chi connectivity index (χ1v) is 11.4. The molecular formula is C25H26F3N3OS. The van der Waals surface area contributed by atoms with Gasteiger partial charge < -0.3 is 10.1 Å². The van der Waals surface area contributed by atoms with Crippen LogP contribution in [0.5, 0.6) is 5.75 Å². The van der Waals surface area contributed by atoms with Crippen LogP contribution in [0.25, 0.3) is 11.3 Å². The molecule has 0 spiro atoms. The molecule has 0 atom stereocenters. The molecule has 0 saturated heterocycles. The maximum absolute atomic E-state index is 13.7. The SMILES string of the molecule is CC(C)=CCCC(C)=CCOc1ccc(Nc2nc(-c3cccnc3)cs2)cc1C(F)(F)F. The number of allylic oxidation sites excluding steroid dienone is 3. The van der Waals surface area contributed by atoms with Gasteiger partial charge in [-0.1, -0.05) is 17.2 Å². The summed E-state index contributed by atoms with van der Waals surface area (Å²) in [5.74, 6) is -0.198. The number of aromatic nitrogens is 2. The molecule has 0 saturated carbocycles. The van der Waals surface area contributed by atoms with Gasteiger partial charge in [0.1, 0.15) is 12.4 Å². The summed E-state index contributed by atoms with van der Waals surface area (Å²) in [6, 6.07) is 7.62. The largest absolute Gasteiger partial charge is 0.489 e. The molecule has 0 fully saturated rings. The van der Waals surface area contributed by atoms with Crippen molar-refractivity contribution in [2.24, 2.45) is 0 Å². The van der Waals surface area contributed by atoms with E-state index in [-0.39, 0.29) is 18.0 Å². The van der Waals surface area contributed by atoms with Gasteiger partial charge in [-0.25, -0.2) is 4.98 Å². The Balaban J connectivity index is 1.69. The standard InChI is InChI=1S/C25H26F3N3OS/c1-17(2)6-4-7-18(3)11-13-32-23-10-9-20(14-21(23)25(26,27)28)30-24-31-22(16-33-24)19-8-5-12-29-15-19/h5-6,8-12,14-16H,4,7,13H2,1-3H3,(H,30,31). The zero-order valence-electron chi connectivity index (χ0n) is 18.7. The third kappa shape index (κ3) is 7.46. The lowest BCUT2D eigenvalue weighted by atomic mass is 10.1. The first-order chi connectivity index (χ1) is 15.7. The molecule has 0 aliphatic carbocycles. The second kappa shape index (κ2) is 11.1. The molecule has 0 unspecified atom stereocenters. The minimum atomic E-state index is -4.54. The van der Waals surface area contributed by atoms with E-state index in [4.69, 9.17) is 4.74 Å². The molecule has 0 radical (unpaired) electrons. The summed E-state index contributed by atoms with van der Waals surface area (Å²) in [7, 11) is 0. The number of pyridine rings is 1. The molecule has 4 nitrogen and oxygen atoms in total. The summed E-state index contributed by atoms with van der Waals surface area (Å²) in [6.07, 6.45) is 4.51. The summed E-state index contributed by atoms with van der Waals surface area (Å²) in [6.45, 7) is 6.10. The Morgan fingerprint density at radius 3 is 2.67 bits per heavy atom. The van der Waals surface area contributed by atoms with Gasteiger partial charge >= 0.3 is 6.18 Å². The Morgan fingerprint density at radius 1 is 1.15 bits per heavy atom. The van der Waals surface area contributed by atoms with Gasteiger partial charge in [0.05, 0.1) is 11.3 Å². The highest BCUT2D eigenvalue weighted by atomic mass is 32.1. The topological polar surface area (TPSA) is 47.0 Å². The number of hydrogen-bond donors (Lipinski definition) is 1. The van der Waals surface area contributed by atoms with E-state index in [9.17, 15) is 13.2 Å². The molecule has 2 heterocycles. The van der Waals surface area contributed by atoms with Crippen LogP contribution in [0.15, 0.2) is 71.4 Å². The smallest absolute Gasteiger partial charge is 0.420 e. The van der Waals surface area contributed by atoms with Gasteiger partial charge in [0.2, 0.25) is 0 Å². The van der Waals surface area contributed by atoms with Crippen LogP contribution in [-0.2, 0) is 6.18 Å². The Kier molecular flexibility index (Phi) is 8.27. The van der Waals surface area contributed by atoms with Crippen LogP contribution < -0.4 is 10.1 Å². The van der Waals surface area contributed by atoms with E-state index in [1.165, 1.54) is 23.0 Å². The lowest BCUT2D eigenvalue weighted by Crippen LogP contribution is -2.09. The first kappa shape index (κ1) is 24.5. The first-order valence-electron chi connectivity index (χ1n) is 10.5. The Hall–Kier alpha value is -3.13. The van der Waals surface area contributed by atoms with Gasteiger partial charge in [0, 0.05) is 29.0 Å². The van der Waals surface area contributed by atoms with Crippen molar-refractivity contribution >= 4 is 22.2 Å². The van der Waals surface area contributed by atoms with Crippen LogP contribution in [0.3, 0.4) is 0 Å². The van der Waals surface area contributed by atoms with Crippen molar-refractivity contribution in [3.8, 4) is 17.0 Å². The minimum absolute atomic E-state index is 0.0808. The maximum Gasteiger partial charge on any atom is 0.420 e. The lowest BCUT2D eigenvalue weighted by molar-refractivity contribution is -0.138. The van der Waals surface area contributed by atoms with E-state index >= 15 is 0 Å². The quantitative estimate of drug-likeness (QED) is 0.320. The molecule has 174 valence electrons. The van der Waals surface area contributed by atoms with Crippen molar-refractivity contribution in [3.63, 3.8) is 0 Å². The second-order valence-corrected chi connectivity index (χ2v) is 8.65. The summed E-state index contributed by atoms with van der Waals surface area (Å²) >= 11 is 1.31. The van der Waals surface area contributed by atoms with Crippen LogP contribution in [0.4, 0.5) is 24.0 Å². The van der Waals surface area contributed by atoms with Gasteiger partial charge in [-0.15, -0.1) is 11.3 Å². The molecule has 33 heavy (non-hydrogen) atoms. The molecule has 8 heteroatoms. The number of halogens is 3. The molecular weight excluding hydrogens is 447 g/mol. The number of thiazole rings is 1. The fraction of sp³-hybridized carbons (Fsp3) is 0.280. The Bertz CT molecular complexity index is 1120. The number of alkyl halides is 3. The van der Waals surface area contributed by atoms with Crippen LogP contribution >= 0.6 is 11.3 Å². The number of ether oxygens (including phenoxy) is 1. The van der Waals surface area contributed by atoms with Crippen LogP contribution in [0.2, 0.25) is 0 Å². The molecule has 1 N–H and O–H groups in total. The highest BCUT2D eigenvalue weighted by Crippen LogP contribution is 2.39. The van der Waals surface area contributed by atoms with Gasteiger partial charge in [-0.05, 0) is 70.0 Å². The van der Waals surface area contributed by atoms with Gasteiger partial charge in [0.25, 0.3) is 0 Å². The number of anilines is 2. The average molecular weight is 474 g/mol. The number of hydrogen-bond acceptors (Lipinski definition) is 5. The third-order valence-electron chi connectivity index (χ3n) is 4.76. The van der Waals surface area contributed by atoms with E-state index < -0.39 is 11.7 Å². The number of rotatable bonds is 9. The van der Waals surface area contributed by atoms with E-state index in [2.05, 4.69) is 21.4 Å². The molecule has 2 aromatic heterocycles. The van der Waals surface area contributed by atoms with E-state index in [1.807, 2.05) is 38.3 Å². The van der Waals surface area contributed by atoms with Crippen molar-refractivity contribution in [1.29, 1.82) is 0 Å². The zero-order chi connectivity index (χ0) is 23.8. The third-order valence-corrected chi connectivity index (χ3v) is 5.52.